The zero-order valence-electron chi connectivity index (χ0n) is 6.17. The Morgan fingerprint density at radius 3 is 2.67 bits per heavy atom. The van der Waals surface area contributed by atoms with Crippen molar-refractivity contribution in [1.82, 2.24) is 5.16 Å². The van der Waals surface area contributed by atoms with Crippen LogP contribution in [0.5, 0.6) is 0 Å². The van der Waals surface area contributed by atoms with E-state index in [2.05, 4.69) is 9.68 Å². The number of carbonyl (C=O) groups excluding carboxylic acids is 1. The van der Waals surface area contributed by atoms with Gasteiger partial charge < -0.3 is 10.3 Å². The predicted molar refractivity (Wildman–Crippen MR) is 34.6 cm³/mol. The average Bonchev–Trinajstić information content (AvgIpc) is 2.30. The van der Waals surface area contributed by atoms with Gasteiger partial charge in [-0.25, -0.2) is 0 Å². The van der Waals surface area contributed by atoms with E-state index in [1.165, 1.54) is 0 Å². The van der Waals surface area contributed by atoms with E-state index in [0.717, 1.165) is 6.26 Å². The minimum Gasteiger partial charge on any atom is -0.365 e. The number of hydrogen-bond acceptors (Lipinski definition) is 3. The first-order valence-electron chi connectivity index (χ1n) is 3.05. The topological polar surface area (TPSA) is 69.1 Å². The fraction of sp³-hybridized carbons (Fsp3) is 0.333. The Balaban J connectivity index is 3.17. The zero-order chi connectivity index (χ0) is 9.35. The van der Waals surface area contributed by atoms with E-state index in [1.54, 1.807) is 0 Å². The van der Waals surface area contributed by atoms with Gasteiger partial charge in [-0.05, 0) is 0 Å². The third-order valence-electron chi connectivity index (χ3n) is 1.25. The monoisotopic (exact) mass is 176 g/mol. The van der Waals surface area contributed by atoms with Crippen LogP contribution in [0, 0.1) is 0 Å². The molecule has 1 rings (SSSR count). The quantitative estimate of drug-likeness (QED) is 0.727. The number of alkyl halides is 2. The van der Waals surface area contributed by atoms with E-state index in [-0.39, 0.29) is 5.56 Å². The normalized spacial score (nSPS) is 11.6. The Morgan fingerprint density at radius 1 is 1.75 bits per heavy atom. The smallest absolute Gasteiger partial charge is 0.291 e. The molecule has 4 nitrogen and oxygen atoms in total. The maximum Gasteiger partial charge on any atom is 0.291 e. The summed E-state index contributed by atoms with van der Waals surface area (Å²) in [6.07, 6.45) is 0.801. The second kappa shape index (κ2) is 2.54. The van der Waals surface area contributed by atoms with E-state index in [4.69, 9.17) is 5.73 Å². The molecule has 1 aromatic rings. The first kappa shape index (κ1) is 8.63. The fourth-order valence-corrected chi connectivity index (χ4v) is 0.728. The first-order chi connectivity index (χ1) is 5.43. The van der Waals surface area contributed by atoms with Crippen LogP contribution >= 0.6 is 0 Å². The summed E-state index contributed by atoms with van der Waals surface area (Å²) in [6, 6.07) is 0. The maximum absolute atomic E-state index is 12.6. The van der Waals surface area contributed by atoms with Gasteiger partial charge in [-0.15, -0.1) is 0 Å². The highest BCUT2D eigenvalue weighted by Crippen LogP contribution is 2.27. The molecule has 0 saturated heterocycles. The second-order valence-electron chi connectivity index (χ2n) is 2.33. The number of nitrogens with two attached hydrogens (primary N) is 1. The number of amides is 1. The van der Waals surface area contributed by atoms with Crippen LogP contribution in [0.2, 0.25) is 0 Å². The molecule has 2 N–H and O–H groups in total. The largest absolute Gasteiger partial charge is 0.365 e. The van der Waals surface area contributed by atoms with Crippen molar-refractivity contribution in [3.05, 3.63) is 17.5 Å². The molecule has 0 aliphatic heterocycles. The third kappa shape index (κ3) is 1.41. The van der Waals surface area contributed by atoms with Gasteiger partial charge in [0.1, 0.15) is 11.8 Å². The van der Waals surface area contributed by atoms with Crippen LogP contribution in [-0.4, -0.2) is 11.1 Å². The predicted octanol–water partition coefficient (Wildman–Crippen LogP) is 0.885. The molecule has 0 bridgehead atoms. The van der Waals surface area contributed by atoms with Gasteiger partial charge in [0.2, 0.25) is 0 Å². The molecule has 0 spiro atoms. The van der Waals surface area contributed by atoms with Crippen molar-refractivity contribution in [2.75, 3.05) is 0 Å². The Hall–Kier alpha value is -1.46. The molecule has 12 heavy (non-hydrogen) atoms. The number of primary amides is 1. The molecule has 1 amide bonds. The lowest BCUT2D eigenvalue weighted by Gasteiger charge is -2.05. The Bertz CT molecular complexity index is 303. The van der Waals surface area contributed by atoms with Gasteiger partial charge in [0.25, 0.3) is 11.8 Å². The van der Waals surface area contributed by atoms with E-state index >= 15 is 0 Å². The van der Waals surface area contributed by atoms with Crippen LogP contribution in [0.25, 0.3) is 0 Å². The van der Waals surface area contributed by atoms with Crippen molar-refractivity contribution in [1.29, 1.82) is 0 Å². The molecule has 0 fully saturated rings. The van der Waals surface area contributed by atoms with Crippen LogP contribution < -0.4 is 5.73 Å². The van der Waals surface area contributed by atoms with E-state index in [0.29, 0.717) is 6.92 Å². The summed E-state index contributed by atoms with van der Waals surface area (Å²) in [5.74, 6) is -4.19. The molecule has 0 atom stereocenters. The van der Waals surface area contributed by atoms with Crippen molar-refractivity contribution in [3.63, 3.8) is 0 Å². The lowest BCUT2D eigenvalue weighted by molar-refractivity contribution is 0.00888. The van der Waals surface area contributed by atoms with Crippen LogP contribution in [-0.2, 0) is 5.92 Å². The Labute approximate surface area is 66.3 Å². The molecule has 1 heterocycles. The summed E-state index contributed by atoms with van der Waals surface area (Å²) in [6.45, 7) is 0.608. The second-order valence-corrected chi connectivity index (χ2v) is 2.33. The number of nitrogens with zero attached hydrogens (tertiary/aromatic N) is 1. The molecular formula is C6H6F2N2O2. The molecule has 0 aliphatic rings. The standard InChI is InChI=1S/C6H6F2N2O2/c1-6(7,8)4-3(5(9)11)2-12-10-4/h2H,1H3,(H2,9,11). The number of hydrogen-bond donors (Lipinski definition) is 1. The van der Waals surface area contributed by atoms with Crippen molar-refractivity contribution in [3.8, 4) is 0 Å². The minimum atomic E-state index is -3.21. The first-order valence-corrected chi connectivity index (χ1v) is 3.05. The molecule has 0 saturated carbocycles. The number of rotatable bonds is 2. The zero-order valence-corrected chi connectivity index (χ0v) is 6.17. The van der Waals surface area contributed by atoms with Crippen LogP contribution in [0.15, 0.2) is 10.8 Å². The highest BCUT2D eigenvalue weighted by molar-refractivity contribution is 5.93. The minimum absolute atomic E-state index is 0.387. The van der Waals surface area contributed by atoms with Gasteiger partial charge in [0.15, 0.2) is 5.69 Å². The third-order valence-corrected chi connectivity index (χ3v) is 1.25. The summed E-state index contributed by atoms with van der Waals surface area (Å²) >= 11 is 0. The number of aromatic nitrogens is 1. The molecule has 66 valence electrons. The lowest BCUT2D eigenvalue weighted by atomic mass is 10.1. The van der Waals surface area contributed by atoms with Gasteiger partial charge in [-0.2, -0.15) is 8.78 Å². The van der Waals surface area contributed by atoms with Crippen molar-refractivity contribution >= 4 is 5.91 Å². The Morgan fingerprint density at radius 2 is 2.33 bits per heavy atom. The molecule has 0 unspecified atom stereocenters. The molecule has 0 aliphatic carbocycles. The van der Waals surface area contributed by atoms with Gasteiger partial charge in [0.05, 0.1) is 0 Å². The van der Waals surface area contributed by atoms with Crippen LogP contribution in [0.3, 0.4) is 0 Å². The average molecular weight is 176 g/mol. The van der Waals surface area contributed by atoms with Crippen molar-refractivity contribution in [2.24, 2.45) is 5.73 Å². The summed E-state index contributed by atoms with van der Waals surface area (Å²) in [5.41, 5.74) is 3.67. The molecule has 0 aromatic carbocycles. The fourth-order valence-electron chi connectivity index (χ4n) is 0.728. The molecular weight excluding hydrogens is 170 g/mol. The van der Waals surface area contributed by atoms with E-state index < -0.39 is 17.5 Å². The van der Waals surface area contributed by atoms with Gasteiger partial charge >= 0.3 is 0 Å². The summed E-state index contributed by atoms with van der Waals surface area (Å²) in [7, 11) is 0. The SMILES string of the molecule is CC(F)(F)c1nocc1C(N)=O. The van der Waals surface area contributed by atoms with Crippen LogP contribution in [0.4, 0.5) is 8.78 Å². The van der Waals surface area contributed by atoms with Gasteiger partial charge in [-0.1, -0.05) is 5.16 Å². The summed E-state index contributed by atoms with van der Waals surface area (Å²) in [5, 5.41) is 2.98. The van der Waals surface area contributed by atoms with E-state index in [1.807, 2.05) is 0 Å². The highest BCUT2D eigenvalue weighted by atomic mass is 19.3. The van der Waals surface area contributed by atoms with Crippen molar-refractivity contribution in [2.45, 2.75) is 12.8 Å². The van der Waals surface area contributed by atoms with Gasteiger partial charge in [-0.3, -0.25) is 4.79 Å². The molecule has 0 radical (unpaired) electrons. The van der Waals surface area contributed by atoms with Crippen molar-refractivity contribution < 1.29 is 18.1 Å². The van der Waals surface area contributed by atoms with Gasteiger partial charge in [0, 0.05) is 6.92 Å². The summed E-state index contributed by atoms with van der Waals surface area (Å²) < 4.78 is 29.4. The van der Waals surface area contributed by atoms with E-state index in [9.17, 15) is 13.6 Å². The van der Waals surface area contributed by atoms with Crippen LogP contribution in [0.1, 0.15) is 23.0 Å². The number of carbonyl (C=O) groups is 1. The Kier molecular flexibility index (Phi) is 1.83. The summed E-state index contributed by atoms with van der Waals surface area (Å²) in [4.78, 5) is 10.5. The highest BCUT2D eigenvalue weighted by Gasteiger charge is 2.33. The maximum atomic E-state index is 12.6. The molecule has 6 heteroatoms. The number of halogens is 2. The lowest BCUT2D eigenvalue weighted by Crippen LogP contribution is -2.18. The molecule has 1 aromatic heterocycles.